The van der Waals surface area contributed by atoms with E-state index in [1.807, 2.05) is 37.3 Å². The Balaban J connectivity index is 1.53. The number of fused-ring (bicyclic) bond motifs is 1. The van der Waals surface area contributed by atoms with Crippen LogP contribution in [0, 0.1) is 6.92 Å². The number of thioether (sulfide) groups is 1. The van der Waals surface area contributed by atoms with E-state index in [0.717, 1.165) is 52.8 Å². The van der Waals surface area contributed by atoms with Crippen molar-refractivity contribution in [2.45, 2.75) is 51.2 Å². The maximum atomic E-state index is 12.8. The standard InChI is InChI=1S/C23H26N4O3S2/c1-3-30-22(29)20-19(16-10-6-4-7-11-16)15(2)32-21(20)24-18(28)14-31-23-26-25-17-12-8-5-9-13-27(17)23/h4,6-7,10-11H,3,5,8-9,12-14H2,1-2H3,(H,24,28). The van der Waals surface area contributed by atoms with Gasteiger partial charge in [-0.2, -0.15) is 0 Å². The van der Waals surface area contributed by atoms with Crippen LogP contribution in [-0.2, 0) is 22.5 Å². The third kappa shape index (κ3) is 4.88. The Morgan fingerprint density at radius 2 is 2.00 bits per heavy atom. The molecule has 0 radical (unpaired) electrons. The molecular weight excluding hydrogens is 444 g/mol. The average molecular weight is 471 g/mol. The first-order valence-corrected chi connectivity index (χ1v) is 12.6. The minimum atomic E-state index is -0.429. The molecule has 168 valence electrons. The molecule has 0 fully saturated rings. The van der Waals surface area contributed by atoms with Crippen LogP contribution < -0.4 is 5.32 Å². The summed E-state index contributed by atoms with van der Waals surface area (Å²) in [6.45, 7) is 4.88. The van der Waals surface area contributed by atoms with Crippen LogP contribution in [0.5, 0.6) is 0 Å². The third-order valence-corrected chi connectivity index (χ3v) is 7.27. The number of nitrogens with one attached hydrogen (secondary N) is 1. The van der Waals surface area contributed by atoms with Crippen LogP contribution in [0.25, 0.3) is 11.1 Å². The second kappa shape index (κ2) is 10.3. The minimum Gasteiger partial charge on any atom is -0.462 e. The summed E-state index contributed by atoms with van der Waals surface area (Å²) < 4.78 is 7.43. The first kappa shape index (κ1) is 22.5. The van der Waals surface area contributed by atoms with E-state index >= 15 is 0 Å². The lowest BCUT2D eigenvalue weighted by Crippen LogP contribution is -2.17. The van der Waals surface area contributed by atoms with Gasteiger partial charge < -0.3 is 14.6 Å². The zero-order chi connectivity index (χ0) is 22.5. The number of nitrogens with zero attached hydrogens (tertiary/aromatic N) is 3. The maximum absolute atomic E-state index is 12.8. The monoisotopic (exact) mass is 470 g/mol. The van der Waals surface area contributed by atoms with Gasteiger partial charge in [0, 0.05) is 23.4 Å². The zero-order valence-corrected chi connectivity index (χ0v) is 19.9. The maximum Gasteiger partial charge on any atom is 0.341 e. The molecule has 2 aromatic heterocycles. The third-order valence-electron chi connectivity index (χ3n) is 5.29. The predicted molar refractivity (Wildman–Crippen MR) is 127 cm³/mol. The van der Waals surface area contributed by atoms with E-state index in [4.69, 9.17) is 4.74 Å². The lowest BCUT2D eigenvalue weighted by Gasteiger charge is -2.09. The van der Waals surface area contributed by atoms with Crippen LogP contribution in [0.2, 0.25) is 0 Å². The molecule has 0 aliphatic carbocycles. The molecule has 1 amide bonds. The van der Waals surface area contributed by atoms with Crippen molar-refractivity contribution in [2.24, 2.45) is 0 Å². The Labute approximate surface area is 195 Å². The van der Waals surface area contributed by atoms with Gasteiger partial charge in [0.05, 0.1) is 12.4 Å². The first-order chi connectivity index (χ1) is 15.6. The molecule has 3 aromatic rings. The fourth-order valence-corrected chi connectivity index (χ4v) is 5.71. The molecule has 1 N–H and O–H groups in total. The van der Waals surface area contributed by atoms with Crippen LogP contribution >= 0.6 is 23.1 Å². The molecule has 1 aliphatic rings. The van der Waals surface area contributed by atoms with E-state index in [9.17, 15) is 9.59 Å². The number of aromatic nitrogens is 3. The van der Waals surface area contributed by atoms with Crippen molar-refractivity contribution in [1.82, 2.24) is 14.8 Å². The molecule has 1 aliphatic heterocycles. The average Bonchev–Trinajstić information content (AvgIpc) is 3.23. The summed E-state index contributed by atoms with van der Waals surface area (Å²) in [6, 6.07) is 9.70. The number of hydrogen-bond donors (Lipinski definition) is 1. The van der Waals surface area contributed by atoms with Crippen molar-refractivity contribution >= 4 is 40.0 Å². The number of ether oxygens (including phenoxy) is 1. The normalized spacial score (nSPS) is 13.3. The Kier molecular flexibility index (Phi) is 7.26. The summed E-state index contributed by atoms with van der Waals surface area (Å²) in [7, 11) is 0. The van der Waals surface area contributed by atoms with Crippen molar-refractivity contribution in [1.29, 1.82) is 0 Å². The van der Waals surface area contributed by atoms with E-state index in [1.54, 1.807) is 6.92 Å². The predicted octanol–water partition coefficient (Wildman–Crippen LogP) is 4.95. The lowest BCUT2D eigenvalue weighted by molar-refractivity contribution is -0.113. The quantitative estimate of drug-likeness (QED) is 0.388. The molecule has 0 atom stereocenters. The van der Waals surface area contributed by atoms with Crippen molar-refractivity contribution in [3.63, 3.8) is 0 Å². The molecule has 7 nitrogen and oxygen atoms in total. The van der Waals surface area contributed by atoms with E-state index in [0.29, 0.717) is 10.6 Å². The summed E-state index contributed by atoms with van der Waals surface area (Å²) in [5, 5.41) is 12.8. The van der Waals surface area contributed by atoms with Gasteiger partial charge in [-0.25, -0.2) is 4.79 Å². The number of benzene rings is 1. The van der Waals surface area contributed by atoms with Crippen molar-refractivity contribution in [3.05, 3.63) is 46.6 Å². The van der Waals surface area contributed by atoms with Crippen LogP contribution in [0.4, 0.5) is 5.00 Å². The lowest BCUT2D eigenvalue weighted by atomic mass is 10.0. The van der Waals surface area contributed by atoms with E-state index in [-0.39, 0.29) is 18.3 Å². The van der Waals surface area contributed by atoms with Gasteiger partial charge in [-0.3, -0.25) is 4.79 Å². The smallest absolute Gasteiger partial charge is 0.341 e. The molecule has 3 heterocycles. The van der Waals surface area contributed by atoms with Gasteiger partial charge in [-0.15, -0.1) is 21.5 Å². The summed E-state index contributed by atoms with van der Waals surface area (Å²) in [5.41, 5.74) is 2.14. The molecule has 1 aromatic carbocycles. The second-order valence-electron chi connectivity index (χ2n) is 7.52. The molecule has 0 unspecified atom stereocenters. The van der Waals surface area contributed by atoms with Crippen LogP contribution in [-0.4, -0.2) is 39.0 Å². The molecule has 32 heavy (non-hydrogen) atoms. The highest BCUT2D eigenvalue weighted by atomic mass is 32.2. The van der Waals surface area contributed by atoms with Gasteiger partial charge in [0.25, 0.3) is 0 Å². The number of esters is 1. The summed E-state index contributed by atoms with van der Waals surface area (Å²) >= 11 is 2.77. The molecule has 0 bridgehead atoms. The Hall–Kier alpha value is -2.65. The number of carbonyl (C=O) groups is 2. The molecule has 0 saturated heterocycles. The van der Waals surface area contributed by atoms with Gasteiger partial charge in [-0.05, 0) is 32.3 Å². The Bertz CT molecular complexity index is 1110. The highest BCUT2D eigenvalue weighted by Gasteiger charge is 2.25. The van der Waals surface area contributed by atoms with E-state index < -0.39 is 5.97 Å². The number of rotatable bonds is 7. The van der Waals surface area contributed by atoms with Gasteiger partial charge in [0.15, 0.2) is 5.16 Å². The number of amides is 1. The number of carbonyl (C=O) groups excluding carboxylic acids is 2. The zero-order valence-electron chi connectivity index (χ0n) is 18.2. The summed E-state index contributed by atoms with van der Waals surface area (Å²) in [6.07, 6.45) is 4.34. The highest BCUT2D eigenvalue weighted by Crippen LogP contribution is 2.40. The van der Waals surface area contributed by atoms with Gasteiger partial charge in [0.1, 0.15) is 16.4 Å². The van der Waals surface area contributed by atoms with Crippen LogP contribution in [0.15, 0.2) is 35.5 Å². The molecule has 0 saturated carbocycles. The minimum absolute atomic E-state index is 0.188. The number of hydrogen-bond acceptors (Lipinski definition) is 7. The van der Waals surface area contributed by atoms with Crippen molar-refractivity contribution < 1.29 is 14.3 Å². The highest BCUT2D eigenvalue weighted by molar-refractivity contribution is 7.99. The van der Waals surface area contributed by atoms with E-state index in [2.05, 4.69) is 20.1 Å². The Morgan fingerprint density at radius 3 is 2.78 bits per heavy atom. The second-order valence-corrected chi connectivity index (χ2v) is 9.69. The first-order valence-electron chi connectivity index (χ1n) is 10.8. The molecular formula is C23H26N4O3S2. The van der Waals surface area contributed by atoms with Gasteiger partial charge in [0.2, 0.25) is 5.91 Å². The van der Waals surface area contributed by atoms with Crippen molar-refractivity contribution in [3.8, 4) is 11.1 Å². The van der Waals surface area contributed by atoms with Crippen LogP contribution in [0.3, 0.4) is 0 Å². The number of thiophene rings is 1. The fourth-order valence-electron chi connectivity index (χ4n) is 3.84. The van der Waals surface area contributed by atoms with E-state index in [1.165, 1.54) is 29.5 Å². The molecule has 9 heteroatoms. The summed E-state index contributed by atoms with van der Waals surface area (Å²) in [4.78, 5) is 26.5. The van der Waals surface area contributed by atoms with Crippen LogP contribution in [0.1, 0.15) is 47.2 Å². The SMILES string of the molecule is CCOC(=O)c1c(NC(=O)CSc2nnc3n2CCCCC3)sc(C)c1-c1ccccc1. The number of anilines is 1. The Morgan fingerprint density at radius 1 is 1.19 bits per heavy atom. The molecule has 0 spiro atoms. The summed E-state index contributed by atoms with van der Waals surface area (Å²) in [5.74, 6) is 0.572. The largest absolute Gasteiger partial charge is 0.462 e. The topological polar surface area (TPSA) is 86.1 Å². The van der Waals surface area contributed by atoms with Gasteiger partial charge in [-0.1, -0.05) is 48.5 Å². The van der Waals surface area contributed by atoms with Crippen molar-refractivity contribution in [2.75, 3.05) is 17.7 Å². The fraction of sp³-hybridized carbons (Fsp3) is 0.391. The molecule has 4 rings (SSSR count). The van der Waals surface area contributed by atoms with Gasteiger partial charge >= 0.3 is 5.97 Å². The number of aryl methyl sites for hydroxylation is 2.